The van der Waals surface area contributed by atoms with Crippen LogP contribution in [-0.4, -0.2) is 27.1 Å². The van der Waals surface area contributed by atoms with Crippen molar-refractivity contribution in [1.82, 2.24) is 4.72 Å². The lowest BCUT2D eigenvalue weighted by Crippen LogP contribution is -2.23. The molecule has 2 N–H and O–H groups in total. The zero-order valence-electron chi connectivity index (χ0n) is 14.3. The highest BCUT2D eigenvalue weighted by atomic mass is 32.2. The molecule has 0 radical (unpaired) electrons. The molecule has 0 spiro atoms. The second kappa shape index (κ2) is 9.03. The highest BCUT2D eigenvalue weighted by molar-refractivity contribution is 7.98. The molecule has 134 valence electrons. The van der Waals surface area contributed by atoms with Crippen LogP contribution < -0.4 is 10.0 Å². The predicted octanol–water partition coefficient (Wildman–Crippen LogP) is 3.28. The first-order valence-electron chi connectivity index (χ1n) is 7.97. The summed E-state index contributed by atoms with van der Waals surface area (Å²) in [4.78, 5) is 13.4. The molecule has 0 saturated heterocycles. The minimum atomic E-state index is -3.44. The molecule has 0 saturated carbocycles. The Morgan fingerprint density at radius 3 is 2.40 bits per heavy atom. The Morgan fingerprint density at radius 2 is 1.76 bits per heavy atom. The van der Waals surface area contributed by atoms with Gasteiger partial charge < -0.3 is 5.32 Å². The Morgan fingerprint density at radius 1 is 1.08 bits per heavy atom. The monoisotopic (exact) mass is 378 g/mol. The summed E-state index contributed by atoms with van der Waals surface area (Å²) in [5.41, 5.74) is 1.73. The molecule has 0 fully saturated rings. The number of hydrogen-bond donors (Lipinski definition) is 2. The van der Waals surface area contributed by atoms with E-state index in [0.717, 1.165) is 16.1 Å². The van der Waals surface area contributed by atoms with Gasteiger partial charge in [0.2, 0.25) is 15.9 Å². The Labute approximate surface area is 153 Å². The van der Waals surface area contributed by atoms with Gasteiger partial charge in [-0.2, -0.15) is 0 Å². The average Bonchev–Trinajstić information content (AvgIpc) is 2.61. The number of nitrogens with one attached hydrogen (secondary N) is 2. The summed E-state index contributed by atoms with van der Waals surface area (Å²) >= 11 is 1.58. The molecule has 0 unspecified atom stereocenters. The Hall–Kier alpha value is -1.83. The van der Waals surface area contributed by atoms with E-state index in [1.165, 1.54) is 0 Å². The maximum atomic E-state index is 12.1. The number of benzene rings is 2. The van der Waals surface area contributed by atoms with Crippen molar-refractivity contribution in [2.45, 2.75) is 29.6 Å². The van der Waals surface area contributed by atoms with Crippen molar-refractivity contribution in [3.05, 3.63) is 54.1 Å². The van der Waals surface area contributed by atoms with Crippen LogP contribution in [0.15, 0.2) is 58.3 Å². The molecule has 2 aromatic carbocycles. The molecule has 0 atom stereocenters. The van der Waals surface area contributed by atoms with Gasteiger partial charge in [-0.15, -0.1) is 11.8 Å². The first-order chi connectivity index (χ1) is 12.0. The zero-order valence-corrected chi connectivity index (χ0v) is 15.9. The van der Waals surface area contributed by atoms with Gasteiger partial charge in [0.1, 0.15) is 0 Å². The number of carbonyl (C=O) groups is 1. The summed E-state index contributed by atoms with van der Waals surface area (Å²) in [5, 5.41) is 2.92. The minimum absolute atomic E-state index is 0.0640. The largest absolute Gasteiger partial charge is 0.325 e. The standard InChI is InChI=1S/C18H22N2O3S2/c1-3-19-25(22,23)15-11-8-14(9-12-15)10-13-18(21)20-16-6-4-5-7-17(16)24-2/h4-9,11-12,19H,3,10,13H2,1-2H3,(H,20,21). The van der Waals surface area contributed by atoms with E-state index in [2.05, 4.69) is 10.0 Å². The Balaban J connectivity index is 1.94. The van der Waals surface area contributed by atoms with Gasteiger partial charge in [-0.05, 0) is 42.5 Å². The maximum absolute atomic E-state index is 12.1. The molecule has 0 bridgehead atoms. The number of aryl methyl sites for hydroxylation is 1. The van der Waals surface area contributed by atoms with Crippen molar-refractivity contribution in [2.75, 3.05) is 18.1 Å². The van der Waals surface area contributed by atoms with Crippen molar-refractivity contribution in [1.29, 1.82) is 0 Å². The van der Waals surface area contributed by atoms with Crippen molar-refractivity contribution in [3.63, 3.8) is 0 Å². The van der Waals surface area contributed by atoms with Gasteiger partial charge in [0.05, 0.1) is 10.6 Å². The molecule has 2 rings (SSSR count). The third kappa shape index (κ3) is 5.59. The number of thioether (sulfide) groups is 1. The van der Waals surface area contributed by atoms with Crippen LogP contribution in [0.1, 0.15) is 18.9 Å². The molecule has 0 aromatic heterocycles. The topological polar surface area (TPSA) is 75.3 Å². The van der Waals surface area contributed by atoms with Crippen LogP contribution in [0.25, 0.3) is 0 Å². The van der Waals surface area contributed by atoms with E-state index in [0.29, 0.717) is 19.4 Å². The SMILES string of the molecule is CCNS(=O)(=O)c1ccc(CCC(=O)Nc2ccccc2SC)cc1. The molecule has 5 nitrogen and oxygen atoms in total. The van der Waals surface area contributed by atoms with E-state index in [1.54, 1.807) is 43.0 Å². The van der Waals surface area contributed by atoms with Gasteiger partial charge in [-0.25, -0.2) is 13.1 Å². The predicted molar refractivity (Wildman–Crippen MR) is 102 cm³/mol. The summed E-state index contributed by atoms with van der Waals surface area (Å²) in [6.07, 6.45) is 2.85. The van der Waals surface area contributed by atoms with E-state index < -0.39 is 10.0 Å². The molecule has 25 heavy (non-hydrogen) atoms. The fraction of sp³-hybridized carbons (Fsp3) is 0.278. The number of para-hydroxylation sites is 1. The summed E-state index contributed by atoms with van der Waals surface area (Å²) < 4.78 is 26.2. The van der Waals surface area contributed by atoms with Crippen molar-refractivity contribution >= 4 is 33.4 Å². The lowest BCUT2D eigenvalue weighted by Gasteiger charge is -2.09. The smallest absolute Gasteiger partial charge is 0.240 e. The number of anilines is 1. The van der Waals surface area contributed by atoms with Crippen LogP contribution in [0.5, 0.6) is 0 Å². The van der Waals surface area contributed by atoms with Crippen molar-refractivity contribution in [3.8, 4) is 0 Å². The number of carbonyl (C=O) groups excluding carboxylic acids is 1. The number of rotatable bonds is 8. The maximum Gasteiger partial charge on any atom is 0.240 e. The van der Waals surface area contributed by atoms with E-state index in [1.807, 2.05) is 30.5 Å². The number of sulfonamides is 1. The second-order valence-corrected chi connectivity index (χ2v) is 8.01. The van der Waals surface area contributed by atoms with Crippen LogP contribution >= 0.6 is 11.8 Å². The molecular formula is C18H22N2O3S2. The molecular weight excluding hydrogens is 356 g/mol. The Kier molecular flexibility index (Phi) is 7.04. The third-order valence-electron chi connectivity index (χ3n) is 3.59. The molecule has 0 aliphatic heterocycles. The van der Waals surface area contributed by atoms with E-state index in [4.69, 9.17) is 0 Å². The fourth-order valence-corrected chi connectivity index (χ4v) is 3.92. The average molecular weight is 379 g/mol. The van der Waals surface area contributed by atoms with Crippen LogP contribution in [0.2, 0.25) is 0 Å². The zero-order chi connectivity index (χ0) is 18.3. The first-order valence-corrected chi connectivity index (χ1v) is 10.7. The number of hydrogen-bond acceptors (Lipinski definition) is 4. The molecule has 7 heteroatoms. The normalized spacial score (nSPS) is 11.3. The fourth-order valence-electron chi connectivity index (χ4n) is 2.33. The van der Waals surface area contributed by atoms with Gasteiger partial charge in [0.25, 0.3) is 0 Å². The highest BCUT2D eigenvalue weighted by Gasteiger charge is 2.12. The highest BCUT2D eigenvalue weighted by Crippen LogP contribution is 2.24. The van der Waals surface area contributed by atoms with Crippen LogP contribution in [0, 0.1) is 0 Å². The van der Waals surface area contributed by atoms with Crippen LogP contribution in [0.4, 0.5) is 5.69 Å². The molecule has 0 heterocycles. The summed E-state index contributed by atoms with van der Waals surface area (Å²) in [7, 11) is -3.44. The summed E-state index contributed by atoms with van der Waals surface area (Å²) in [5.74, 6) is -0.0640. The first kappa shape index (κ1) is 19.5. The quantitative estimate of drug-likeness (QED) is 0.691. The van der Waals surface area contributed by atoms with Gasteiger partial charge >= 0.3 is 0 Å². The molecule has 0 aliphatic rings. The van der Waals surface area contributed by atoms with Crippen LogP contribution in [-0.2, 0) is 21.2 Å². The molecule has 1 amide bonds. The lowest BCUT2D eigenvalue weighted by atomic mass is 10.1. The second-order valence-electron chi connectivity index (χ2n) is 5.39. The Bertz CT molecular complexity index is 818. The van der Waals surface area contributed by atoms with E-state index in [-0.39, 0.29) is 10.8 Å². The van der Waals surface area contributed by atoms with Gasteiger partial charge in [0, 0.05) is 17.9 Å². The summed E-state index contributed by atoms with van der Waals surface area (Å²) in [6.45, 7) is 2.08. The van der Waals surface area contributed by atoms with Crippen molar-refractivity contribution < 1.29 is 13.2 Å². The lowest BCUT2D eigenvalue weighted by molar-refractivity contribution is -0.116. The van der Waals surface area contributed by atoms with Crippen LogP contribution in [0.3, 0.4) is 0 Å². The summed E-state index contributed by atoms with van der Waals surface area (Å²) in [6, 6.07) is 14.3. The number of amides is 1. The van der Waals surface area contributed by atoms with E-state index in [9.17, 15) is 13.2 Å². The van der Waals surface area contributed by atoms with Gasteiger partial charge in [0.15, 0.2) is 0 Å². The van der Waals surface area contributed by atoms with Gasteiger partial charge in [-0.1, -0.05) is 31.2 Å². The van der Waals surface area contributed by atoms with Gasteiger partial charge in [-0.3, -0.25) is 4.79 Å². The third-order valence-corrected chi connectivity index (χ3v) is 5.95. The molecule has 2 aromatic rings. The molecule has 0 aliphatic carbocycles. The van der Waals surface area contributed by atoms with Crippen molar-refractivity contribution in [2.24, 2.45) is 0 Å². The van der Waals surface area contributed by atoms with E-state index >= 15 is 0 Å². The minimum Gasteiger partial charge on any atom is -0.325 e.